The Balaban J connectivity index is 0.00000353. The number of hydrogen-bond acceptors (Lipinski definition) is 7. The van der Waals surface area contributed by atoms with Crippen molar-refractivity contribution in [1.29, 1.82) is 0 Å². The quantitative estimate of drug-likeness (QED) is 0.461. The number of likely N-dealkylation sites (tertiary alicyclic amines) is 1. The van der Waals surface area contributed by atoms with Gasteiger partial charge in [-0.2, -0.15) is 5.10 Å². The summed E-state index contributed by atoms with van der Waals surface area (Å²) >= 11 is 0. The molecular formula is C28H38ClN7O3. The van der Waals surface area contributed by atoms with E-state index in [-0.39, 0.29) is 18.5 Å². The fraction of sp³-hybridized carbons (Fsp3) is 0.500. The third kappa shape index (κ3) is 6.45. The number of ether oxygens (including phenoxy) is 1. The minimum Gasteiger partial charge on any atom is -0.491 e. The number of hydrogen-bond donors (Lipinski definition) is 2. The van der Waals surface area contributed by atoms with Gasteiger partial charge in [0, 0.05) is 43.3 Å². The summed E-state index contributed by atoms with van der Waals surface area (Å²) in [6, 6.07) is 8.87. The third-order valence-corrected chi connectivity index (χ3v) is 7.34. The maximum Gasteiger partial charge on any atom is 0.326 e. The van der Waals surface area contributed by atoms with Crippen molar-refractivity contribution in [2.75, 3.05) is 36.4 Å². The van der Waals surface area contributed by atoms with E-state index >= 15 is 0 Å². The van der Waals surface area contributed by atoms with Crippen LogP contribution in [0.5, 0.6) is 5.75 Å². The zero-order valence-corrected chi connectivity index (χ0v) is 23.9. The summed E-state index contributed by atoms with van der Waals surface area (Å²) in [5, 5.41) is 10.5. The SMILES string of the molecule is Cc1nn(C)c2nc(N3CCC(N4CCCC4)CC3)c(C(=O)NC(=O)Nc3cccc(OC(C)C)c3)cc12.Cl. The van der Waals surface area contributed by atoms with E-state index in [0.717, 1.165) is 42.7 Å². The molecule has 210 valence electrons. The molecule has 39 heavy (non-hydrogen) atoms. The molecule has 3 aromatic rings. The molecular weight excluding hydrogens is 518 g/mol. The maximum atomic E-state index is 13.5. The van der Waals surface area contributed by atoms with E-state index < -0.39 is 11.9 Å². The molecule has 0 bridgehead atoms. The summed E-state index contributed by atoms with van der Waals surface area (Å²) in [5.41, 5.74) is 2.42. The molecule has 2 aliphatic rings. The van der Waals surface area contributed by atoms with Crippen LogP contribution in [0.4, 0.5) is 16.3 Å². The van der Waals surface area contributed by atoms with Crippen LogP contribution in [0.1, 0.15) is 55.6 Å². The van der Waals surface area contributed by atoms with Gasteiger partial charge in [-0.05, 0) is 77.7 Å². The van der Waals surface area contributed by atoms with Crippen LogP contribution in [-0.4, -0.2) is 69.9 Å². The molecule has 2 fully saturated rings. The molecule has 2 aliphatic heterocycles. The summed E-state index contributed by atoms with van der Waals surface area (Å²) in [7, 11) is 1.86. The Morgan fingerprint density at radius 3 is 2.49 bits per heavy atom. The summed E-state index contributed by atoms with van der Waals surface area (Å²) in [4.78, 5) is 35.9. The fourth-order valence-corrected chi connectivity index (χ4v) is 5.54. The van der Waals surface area contributed by atoms with E-state index in [1.165, 1.54) is 25.9 Å². The van der Waals surface area contributed by atoms with Crippen molar-refractivity contribution >= 4 is 46.9 Å². The Bertz CT molecular complexity index is 1330. The van der Waals surface area contributed by atoms with Crippen LogP contribution >= 0.6 is 12.4 Å². The normalized spacial score (nSPS) is 16.4. The second-order valence-corrected chi connectivity index (χ2v) is 10.5. The van der Waals surface area contributed by atoms with Gasteiger partial charge in [0.05, 0.1) is 17.4 Å². The number of urea groups is 1. The Morgan fingerprint density at radius 1 is 1.08 bits per heavy atom. The van der Waals surface area contributed by atoms with Crippen LogP contribution in [0.25, 0.3) is 11.0 Å². The van der Waals surface area contributed by atoms with E-state index in [2.05, 4.69) is 25.5 Å². The average Bonchev–Trinajstić information content (AvgIpc) is 3.51. The zero-order valence-electron chi connectivity index (χ0n) is 23.1. The van der Waals surface area contributed by atoms with E-state index in [9.17, 15) is 9.59 Å². The molecule has 10 nitrogen and oxygen atoms in total. The predicted molar refractivity (Wildman–Crippen MR) is 155 cm³/mol. The first kappa shape index (κ1) is 28.6. The van der Waals surface area contributed by atoms with Crippen LogP contribution in [0.2, 0.25) is 0 Å². The number of fused-ring (bicyclic) bond motifs is 1. The monoisotopic (exact) mass is 555 g/mol. The van der Waals surface area contributed by atoms with E-state index in [0.29, 0.717) is 28.9 Å². The highest BCUT2D eigenvalue weighted by Crippen LogP contribution is 2.29. The molecule has 2 N–H and O–H groups in total. The first-order valence-corrected chi connectivity index (χ1v) is 13.5. The lowest BCUT2D eigenvalue weighted by atomic mass is 10.0. The van der Waals surface area contributed by atoms with Crippen LogP contribution in [-0.2, 0) is 7.05 Å². The first-order chi connectivity index (χ1) is 18.3. The van der Waals surface area contributed by atoms with Crippen LogP contribution in [0, 0.1) is 6.92 Å². The van der Waals surface area contributed by atoms with Crippen molar-refractivity contribution in [2.45, 2.75) is 58.6 Å². The minimum absolute atomic E-state index is 0. The minimum atomic E-state index is -0.613. The smallest absolute Gasteiger partial charge is 0.326 e. The summed E-state index contributed by atoms with van der Waals surface area (Å²) < 4.78 is 7.44. The Labute approximate surface area is 235 Å². The Kier molecular flexibility index (Phi) is 8.97. The molecule has 0 saturated carbocycles. The van der Waals surface area contributed by atoms with Crippen LogP contribution in [0.3, 0.4) is 0 Å². The maximum absolute atomic E-state index is 13.5. The molecule has 0 aliphatic carbocycles. The average molecular weight is 556 g/mol. The van der Waals surface area contributed by atoms with Gasteiger partial charge in [0.1, 0.15) is 11.6 Å². The lowest BCUT2D eigenvalue weighted by Gasteiger charge is -2.37. The molecule has 0 unspecified atom stereocenters. The van der Waals surface area contributed by atoms with Crippen molar-refractivity contribution in [1.82, 2.24) is 25.0 Å². The second-order valence-electron chi connectivity index (χ2n) is 10.5. The number of amides is 3. The van der Waals surface area contributed by atoms with E-state index in [1.807, 2.05) is 40.0 Å². The number of carbonyl (C=O) groups is 2. The van der Waals surface area contributed by atoms with Crippen molar-refractivity contribution in [3.63, 3.8) is 0 Å². The number of nitrogens with zero attached hydrogens (tertiary/aromatic N) is 5. The van der Waals surface area contributed by atoms with Crippen LogP contribution in [0.15, 0.2) is 30.3 Å². The number of anilines is 2. The number of nitrogens with one attached hydrogen (secondary N) is 2. The van der Waals surface area contributed by atoms with Crippen molar-refractivity contribution in [3.8, 4) is 5.75 Å². The first-order valence-electron chi connectivity index (χ1n) is 13.5. The number of aryl methyl sites for hydroxylation is 2. The van der Waals surface area contributed by atoms with Gasteiger partial charge < -0.3 is 19.9 Å². The van der Waals surface area contributed by atoms with Gasteiger partial charge in [-0.25, -0.2) is 9.78 Å². The molecule has 1 aromatic carbocycles. The van der Waals surface area contributed by atoms with Crippen molar-refractivity contribution in [3.05, 3.63) is 41.6 Å². The number of imide groups is 1. The summed E-state index contributed by atoms with van der Waals surface area (Å²) in [6.45, 7) is 9.75. The highest BCUT2D eigenvalue weighted by molar-refractivity contribution is 6.11. The second kappa shape index (κ2) is 12.2. The van der Waals surface area contributed by atoms with Crippen LogP contribution < -0.4 is 20.3 Å². The van der Waals surface area contributed by atoms with Gasteiger partial charge in [-0.15, -0.1) is 12.4 Å². The highest BCUT2D eigenvalue weighted by Gasteiger charge is 2.30. The van der Waals surface area contributed by atoms with Crippen molar-refractivity contribution in [2.24, 2.45) is 7.05 Å². The van der Waals surface area contributed by atoms with Crippen molar-refractivity contribution < 1.29 is 14.3 Å². The number of aromatic nitrogens is 3. The van der Waals surface area contributed by atoms with E-state index in [1.54, 1.807) is 22.9 Å². The lowest BCUT2D eigenvalue weighted by molar-refractivity contribution is 0.0967. The van der Waals surface area contributed by atoms with Gasteiger partial charge in [0.25, 0.3) is 5.91 Å². The van der Waals surface area contributed by atoms with Gasteiger partial charge in [0.15, 0.2) is 5.65 Å². The summed E-state index contributed by atoms with van der Waals surface area (Å²) in [5.74, 6) is 0.745. The zero-order chi connectivity index (χ0) is 26.8. The number of benzene rings is 1. The van der Waals surface area contributed by atoms with Gasteiger partial charge in [-0.3, -0.25) is 14.8 Å². The highest BCUT2D eigenvalue weighted by atomic mass is 35.5. The Hall–Kier alpha value is -3.37. The molecule has 11 heteroatoms. The predicted octanol–water partition coefficient (Wildman–Crippen LogP) is 4.51. The number of rotatable bonds is 6. The number of piperidine rings is 1. The molecule has 5 rings (SSSR count). The number of carbonyl (C=O) groups excluding carboxylic acids is 2. The largest absolute Gasteiger partial charge is 0.491 e. The molecule has 2 saturated heterocycles. The molecule has 0 atom stereocenters. The molecule has 0 spiro atoms. The summed E-state index contributed by atoms with van der Waals surface area (Å²) in [6.07, 6.45) is 4.62. The lowest BCUT2D eigenvalue weighted by Crippen LogP contribution is -2.45. The molecule has 4 heterocycles. The third-order valence-electron chi connectivity index (χ3n) is 7.34. The molecule has 2 aromatic heterocycles. The topological polar surface area (TPSA) is 105 Å². The number of pyridine rings is 1. The van der Waals surface area contributed by atoms with Gasteiger partial charge in [0.2, 0.25) is 0 Å². The van der Waals surface area contributed by atoms with Gasteiger partial charge >= 0.3 is 6.03 Å². The molecule has 3 amide bonds. The fourth-order valence-electron chi connectivity index (χ4n) is 5.54. The molecule has 0 radical (unpaired) electrons. The van der Waals surface area contributed by atoms with E-state index in [4.69, 9.17) is 9.72 Å². The standard InChI is InChI=1S/C28H37N7O3.ClH/c1-18(2)38-22-9-7-8-20(16-22)29-28(37)31-27(36)24-17-23-19(3)32-33(4)25(23)30-26(24)35-14-10-21(11-15-35)34-12-5-6-13-34;/h7-9,16-18,21H,5-6,10-15H2,1-4H3,(H2,29,31,36,37);1H. The van der Waals surface area contributed by atoms with Gasteiger partial charge in [-0.1, -0.05) is 6.07 Å². The Morgan fingerprint density at radius 2 is 1.79 bits per heavy atom. The number of halogens is 1.